The number of aromatic amines is 2. The first-order chi connectivity index (χ1) is 15.7. The van der Waals surface area contributed by atoms with E-state index in [1.54, 1.807) is 0 Å². The number of amides is 1. The Hall–Kier alpha value is -3.49. The number of H-pyrrole nitrogens is 2. The van der Waals surface area contributed by atoms with Gasteiger partial charge in [0.15, 0.2) is 5.82 Å². The number of fused-ring (bicyclic) bond motifs is 1. The number of nitrogens with zero attached hydrogens (tertiary/aromatic N) is 3. The summed E-state index contributed by atoms with van der Waals surface area (Å²) in [6.07, 6.45) is 3.91. The summed E-state index contributed by atoms with van der Waals surface area (Å²) in [6.45, 7) is 3.44. The van der Waals surface area contributed by atoms with Crippen LogP contribution in [0.2, 0.25) is 0 Å². The monoisotopic (exact) mass is 429 g/mol. The number of nitrogens with one attached hydrogen (secondary N) is 3. The summed E-state index contributed by atoms with van der Waals surface area (Å²) in [6, 6.07) is 15.9. The highest BCUT2D eigenvalue weighted by molar-refractivity contribution is 6.01. The summed E-state index contributed by atoms with van der Waals surface area (Å²) in [5.41, 5.74) is 10.0. The van der Waals surface area contributed by atoms with Crippen molar-refractivity contribution in [2.45, 2.75) is 18.9 Å². The van der Waals surface area contributed by atoms with Crippen LogP contribution in [0.5, 0.6) is 0 Å². The zero-order valence-electron chi connectivity index (χ0n) is 17.8. The lowest BCUT2D eigenvalue weighted by molar-refractivity contribution is 0.0946. The topological polar surface area (TPSA) is 116 Å². The van der Waals surface area contributed by atoms with Crippen LogP contribution in [0.3, 0.4) is 0 Å². The molecule has 1 saturated heterocycles. The number of rotatable bonds is 6. The first-order valence-electron chi connectivity index (χ1n) is 11.0. The van der Waals surface area contributed by atoms with Gasteiger partial charge < -0.3 is 20.9 Å². The molecule has 164 valence electrons. The quantitative estimate of drug-likeness (QED) is 0.376. The first-order valence-corrected chi connectivity index (χ1v) is 11.0. The van der Waals surface area contributed by atoms with E-state index in [2.05, 4.69) is 25.4 Å². The van der Waals surface area contributed by atoms with E-state index in [1.165, 1.54) is 0 Å². The van der Waals surface area contributed by atoms with Gasteiger partial charge in [-0.2, -0.15) is 5.10 Å². The second-order valence-electron chi connectivity index (χ2n) is 8.27. The molecular weight excluding hydrogens is 402 g/mol. The fourth-order valence-electron chi connectivity index (χ4n) is 4.14. The molecule has 5 N–H and O–H groups in total. The van der Waals surface area contributed by atoms with E-state index >= 15 is 0 Å². The van der Waals surface area contributed by atoms with Crippen molar-refractivity contribution in [1.29, 1.82) is 0 Å². The second-order valence-corrected chi connectivity index (χ2v) is 8.27. The largest absolute Gasteiger partial charge is 0.351 e. The van der Waals surface area contributed by atoms with Gasteiger partial charge in [0.1, 0.15) is 5.69 Å². The molecule has 0 spiro atoms. The molecule has 5 rings (SSSR count). The van der Waals surface area contributed by atoms with E-state index in [9.17, 15) is 4.79 Å². The average Bonchev–Trinajstić information content (AvgIpc) is 3.47. The number of aromatic nitrogens is 4. The number of nitrogens with two attached hydrogens (primary N) is 1. The lowest BCUT2D eigenvalue weighted by atomic mass is 10.1. The highest BCUT2D eigenvalue weighted by atomic mass is 16.1. The van der Waals surface area contributed by atoms with Gasteiger partial charge in [-0.3, -0.25) is 9.89 Å². The zero-order valence-corrected chi connectivity index (χ0v) is 17.8. The molecule has 0 radical (unpaired) electrons. The van der Waals surface area contributed by atoms with Crippen molar-refractivity contribution in [2.24, 2.45) is 5.73 Å². The summed E-state index contributed by atoms with van der Waals surface area (Å²) in [5, 5.41) is 11.4. The van der Waals surface area contributed by atoms with Crippen molar-refractivity contribution >= 4 is 16.8 Å². The minimum Gasteiger partial charge on any atom is -0.351 e. The molecule has 2 aromatic heterocycles. The zero-order chi connectivity index (χ0) is 21.9. The molecule has 1 aliphatic heterocycles. The SMILES string of the molecule is NC1CCN(CCNC(=O)c2ccc3[nH]nc(-c4nc(-c5ccccc5)c[nH]4)c3c2)CC1. The number of hydrogen-bond donors (Lipinski definition) is 4. The van der Waals surface area contributed by atoms with E-state index in [-0.39, 0.29) is 5.91 Å². The molecule has 8 heteroatoms. The van der Waals surface area contributed by atoms with Crippen LogP contribution in [0.25, 0.3) is 33.7 Å². The molecule has 0 unspecified atom stereocenters. The van der Waals surface area contributed by atoms with Crippen molar-refractivity contribution in [3.8, 4) is 22.8 Å². The minimum absolute atomic E-state index is 0.0859. The van der Waals surface area contributed by atoms with Crippen LogP contribution in [0.1, 0.15) is 23.2 Å². The molecule has 1 fully saturated rings. The Bertz CT molecular complexity index is 1210. The molecule has 0 atom stereocenters. The van der Waals surface area contributed by atoms with Crippen molar-refractivity contribution < 1.29 is 4.79 Å². The molecule has 0 saturated carbocycles. The highest BCUT2D eigenvalue weighted by Crippen LogP contribution is 2.27. The van der Waals surface area contributed by atoms with Crippen LogP contribution in [0.4, 0.5) is 0 Å². The van der Waals surface area contributed by atoms with Gasteiger partial charge in [0.05, 0.1) is 11.2 Å². The van der Waals surface area contributed by atoms with Crippen LogP contribution in [-0.4, -0.2) is 63.2 Å². The third-order valence-corrected chi connectivity index (χ3v) is 6.04. The fourth-order valence-corrected chi connectivity index (χ4v) is 4.14. The molecule has 0 bridgehead atoms. The summed E-state index contributed by atoms with van der Waals surface area (Å²) in [7, 11) is 0. The third kappa shape index (κ3) is 4.28. The number of imidazole rings is 1. The predicted octanol–water partition coefficient (Wildman–Crippen LogP) is 2.77. The van der Waals surface area contributed by atoms with E-state index in [4.69, 9.17) is 10.7 Å². The van der Waals surface area contributed by atoms with Crippen molar-refractivity contribution in [3.63, 3.8) is 0 Å². The van der Waals surface area contributed by atoms with Crippen LogP contribution in [0, 0.1) is 0 Å². The van der Waals surface area contributed by atoms with Gasteiger partial charge in [-0.05, 0) is 44.1 Å². The van der Waals surface area contributed by atoms with Gasteiger partial charge in [0, 0.05) is 41.8 Å². The van der Waals surface area contributed by atoms with Crippen LogP contribution in [-0.2, 0) is 0 Å². The number of carbonyl (C=O) groups excluding carboxylic acids is 1. The molecule has 32 heavy (non-hydrogen) atoms. The number of likely N-dealkylation sites (tertiary alicyclic amines) is 1. The Balaban J connectivity index is 1.29. The van der Waals surface area contributed by atoms with Crippen LogP contribution >= 0.6 is 0 Å². The van der Waals surface area contributed by atoms with Crippen molar-refractivity contribution in [1.82, 2.24) is 30.4 Å². The van der Waals surface area contributed by atoms with Crippen molar-refractivity contribution in [2.75, 3.05) is 26.2 Å². The lowest BCUT2D eigenvalue weighted by Crippen LogP contribution is -2.43. The second kappa shape index (κ2) is 8.94. The highest BCUT2D eigenvalue weighted by Gasteiger charge is 2.17. The van der Waals surface area contributed by atoms with Crippen molar-refractivity contribution in [3.05, 3.63) is 60.3 Å². The Labute approximate surface area is 186 Å². The Kier molecular flexibility index (Phi) is 5.70. The maximum absolute atomic E-state index is 12.7. The van der Waals surface area contributed by atoms with Gasteiger partial charge in [-0.15, -0.1) is 0 Å². The Morgan fingerprint density at radius 1 is 1.16 bits per heavy atom. The Morgan fingerprint density at radius 2 is 1.97 bits per heavy atom. The molecule has 1 amide bonds. The summed E-state index contributed by atoms with van der Waals surface area (Å²) in [4.78, 5) is 23.0. The third-order valence-electron chi connectivity index (χ3n) is 6.04. The number of piperidine rings is 1. The maximum Gasteiger partial charge on any atom is 0.251 e. The Morgan fingerprint density at radius 3 is 2.78 bits per heavy atom. The van der Waals surface area contributed by atoms with Crippen LogP contribution < -0.4 is 11.1 Å². The van der Waals surface area contributed by atoms with Gasteiger partial charge in [-0.1, -0.05) is 30.3 Å². The van der Waals surface area contributed by atoms with Crippen LogP contribution in [0.15, 0.2) is 54.7 Å². The van der Waals surface area contributed by atoms with E-state index in [0.717, 1.165) is 54.6 Å². The first kappa shape index (κ1) is 20.4. The summed E-state index contributed by atoms with van der Waals surface area (Å²) < 4.78 is 0. The van der Waals surface area contributed by atoms with Gasteiger partial charge >= 0.3 is 0 Å². The van der Waals surface area contributed by atoms with E-state index < -0.39 is 0 Å². The number of benzene rings is 2. The molecule has 4 aromatic rings. The summed E-state index contributed by atoms with van der Waals surface area (Å²) >= 11 is 0. The molecule has 0 aliphatic carbocycles. The smallest absolute Gasteiger partial charge is 0.251 e. The summed E-state index contributed by atoms with van der Waals surface area (Å²) in [5.74, 6) is 0.577. The molecule has 1 aliphatic rings. The van der Waals surface area contributed by atoms with Gasteiger partial charge in [0.25, 0.3) is 5.91 Å². The predicted molar refractivity (Wildman–Crippen MR) is 125 cm³/mol. The van der Waals surface area contributed by atoms with Gasteiger partial charge in [-0.25, -0.2) is 4.98 Å². The van der Waals surface area contributed by atoms with Gasteiger partial charge in [0.2, 0.25) is 0 Å². The lowest BCUT2D eigenvalue weighted by Gasteiger charge is -2.29. The average molecular weight is 430 g/mol. The number of hydrogen-bond acceptors (Lipinski definition) is 5. The molecule has 3 heterocycles. The maximum atomic E-state index is 12.7. The van der Waals surface area contributed by atoms with E-state index in [0.29, 0.717) is 29.7 Å². The molecule has 8 nitrogen and oxygen atoms in total. The van der Waals surface area contributed by atoms with E-state index in [1.807, 2.05) is 54.7 Å². The standard InChI is InChI=1S/C24H27N7O/c25-18-8-11-31(12-9-18)13-10-26-24(32)17-6-7-20-19(14-17)22(30-29-20)23-27-15-21(28-23)16-4-2-1-3-5-16/h1-7,14-15,18H,8-13,25H2,(H,26,32)(H,27,28)(H,29,30). The minimum atomic E-state index is -0.0859. The normalized spacial score (nSPS) is 15.3. The fraction of sp³-hybridized carbons (Fsp3) is 0.292. The number of carbonyl (C=O) groups is 1. The molecular formula is C24H27N7O. The molecule has 2 aromatic carbocycles.